The van der Waals surface area contributed by atoms with Crippen LogP contribution < -0.4 is 5.11 Å². The fourth-order valence-electron chi connectivity index (χ4n) is 1.32. The maximum Gasteiger partial charge on any atom is 0.270 e. The van der Waals surface area contributed by atoms with Gasteiger partial charge >= 0.3 is 0 Å². The third kappa shape index (κ3) is 2.67. The Balaban J connectivity index is 2.31. The fourth-order valence-corrected chi connectivity index (χ4v) is 1.32. The summed E-state index contributed by atoms with van der Waals surface area (Å²) in [5, 5.41) is 22.1. The molecule has 0 fully saturated rings. The van der Waals surface area contributed by atoms with Gasteiger partial charge < -0.3 is 5.11 Å². The number of nitro groups is 1. The lowest BCUT2D eigenvalue weighted by Crippen LogP contribution is -1.98. The topological polar surface area (TPSA) is 91.5 Å². The number of non-ortho nitro benzene ring substituents is 1. The van der Waals surface area contributed by atoms with Gasteiger partial charge in [-0.2, -0.15) is 0 Å². The summed E-state index contributed by atoms with van der Waals surface area (Å²) in [4.78, 5) is 17.9. The molecule has 0 aliphatic rings. The van der Waals surface area contributed by atoms with E-state index in [4.69, 9.17) is 0 Å². The van der Waals surface area contributed by atoms with Crippen molar-refractivity contribution >= 4 is 17.6 Å². The molecule has 0 aliphatic heterocycles. The molecule has 2 aromatic rings. The number of aliphatic imine (C=N–C) groups is 1. The molecule has 1 aromatic carbocycles. The lowest BCUT2D eigenvalue weighted by atomic mass is 10.2. The summed E-state index contributed by atoms with van der Waals surface area (Å²) >= 11 is 0. The molecular formula is C12H8N3O3-. The van der Waals surface area contributed by atoms with E-state index in [1.54, 1.807) is 18.3 Å². The number of nitrogens with zero attached hydrogens (tertiary/aromatic N) is 3. The largest absolute Gasteiger partial charge is 0.872 e. The summed E-state index contributed by atoms with van der Waals surface area (Å²) in [5.74, 6) is -0.312. The third-order valence-electron chi connectivity index (χ3n) is 2.20. The van der Waals surface area contributed by atoms with Crippen LogP contribution >= 0.6 is 0 Å². The Hall–Kier alpha value is -2.76. The monoisotopic (exact) mass is 242 g/mol. The lowest BCUT2D eigenvalue weighted by molar-refractivity contribution is -0.385. The maximum atomic E-state index is 11.5. The number of hydrogen-bond donors (Lipinski definition) is 0. The summed E-state index contributed by atoms with van der Waals surface area (Å²) in [5.41, 5.74) is 0.610. The van der Waals surface area contributed by atoms with E-state index in [2.05, 4.69) is 9.98 Å². The van der Waals surface area contributed by atoms with Crippen molar-refractivity contribution < 1.29 is 10.0 Å². The van der Waals surface area contributed by atoms with Gasteiger partial charge in [0.05, 0.1) is 16.8 Å². The van der Waals surface area contributed by atoms with Gasteiger partial charge in [-0.1, -0.05) is 11.8 Å². The van der Waals surface area contributed by atoms with E-state index in [-0.39, 0.29) is 17.0 Å². The molecule has 0 amide bonds. The first kappa shape index (κ1) is 11.7. The van der Waals surface area contributed by atoms with E-state index in [1.165, 1.54) is 24.5 Å². The Morgan fingerprint density at radius 2 is 2.17 bits per heavy atom. The molecule has 90 valence electrons. The van der Waals surface area contributed by atoms with Crippen LogP contribution in [0.3, 0.4) is 0 Å². The Bertz CT molecular complexity index is 597. The Labute approximate surface area is 102 Å². The van der Waals surface area contributed by atoms with Gasteiger partial charge in [0, 0.05) is 24.5 Å². The normalized spacial score (nSPS) is 10.7. The Morgan fingerprint density at radius 3 is 2.83 bits per heavy atom. The van der Waals surface area contributed by atoms with Gasteiger partial charge in [-0.3, -0.25) is 20.1 Å². The van der Waals surface area contributed by atoms with Crippen molar-refractivity contribution in [1.82, 2.24) is 4.98 Å². The highest BCUT2D eigenvalue weighted by molar-refractivity contribution is 5.86. The van der Waals surface area contributed by atoms with Crippen LogP contribution in [0.4, 0.5) is 11.4 Å². The molecule has 0 bridgehead atoms. The zero-order chi connectivity index (χ0) is 13.0. The molecule has 6 nitrogen and oxygen atoms in total. The van der Waals surface area contributed by atoms with E-state index >= 15 is 0 Å². The minimum absolute atomic E-state index is 0.137. The molecule has 2 rings (SSSR count). The molecule has 1 heterocycles. The molecule has 0 saturated heterocycles. The van der Waals surface area contributed by atoms with Crippen LogP contribution in [0.5, 0.6) is 5.75 Å². The summed E-state index contributed by atoms with van der Waals surface area (Å²) < 4.78 is 0. The van der Waals surface area contributed by atoms with Crippen LogP contribution in [0.1, 0.15) is 5.56 Å². The lowest BCUT2D eigenvalue weighted by Gasteiger charge is -2.08. The van der Waals surface area contributed by atoms with E-state index < -0.39 is 4.92 Å². The highest BCUT2D eigenvalue weighted by Crippen LogP contribution is 2.20. The first-order chi connectivity index (χ1) is 8.66. The van der Waals surface area contributed by atoms with Gasteiger partial charge in [0.15, 0.2) is 0 Å². The Kier molecular flexibility index (Phi) is 3.29. The fraction of sp³-hybridized carbons (Fsp3) is 0. The van der Waals surface area contributed by atoms with E-state index in [9.17, 15) is 15.2 Å². The van der Waals surface area contributed by atoms with Crippen LogP contribution in [0, 0.1) is 10.1 Å². The number of rotatable bonds is 3. The van der Waals surface area contributed by atoms with Crippen LogP contribution in [0.2, 0.25) is 0 Å². The van der Waals surface area contributed by atoms with Crippen molar-refractivity contribution in [3.8, 4) is 5.75 Å². The van der Waals surface area contributed by atoms with Crippen molar-refractivity contribution in [3.05, 3.63) is 58.4 Å². The molecule has 0 saturated carbocycles. The smallest absolute Gasteiger partial charge is 0.270 e. The average Bonchev–Trinajstić information content (AvgIpc) is 2.38. The quantitative estimate of drug-likeness (QED) is 0.466. The molecule has 6 heteroatoms. The highest BCUT2D eigenvalue weighted by Gasteiger charge is 2.05. The molecule has 0 aliphatic carbocycles. The first-order valence-corrected chi connectivity index (χ1v) is 5.06. The van der Waals surface area contributed by atoms with Crippen LogP contribution in [0.25, 0.3) is 0 Å². The number of nitro benzene ring substituents is 1. The van der Waals surface area contributed by atoms with Crippen LogP contribution in [-0.4, -0.2) is 16.1 Å². The van der Waals surface area contributed by atoms with Gasteiger partial charge in [-0.15, -0.1) is 0 Å². The van der Waals surface area contributed by atoms with Crippen molar-refractivity contribution in [1.29, 1.82) is 0 Å². The molecular weight excluding hydrogens is 234 g/mol. The number of benzene rings is 1. The number of pyridine rings is 1. The number of hydrogen-bond acceptors (Lipinski definition) is 5. The molecule has 0 spiro atoms. The second-order valence-electron chi connectivity index (χ2n) is 3.45. The predicted octanol–water partition coefficient (Wildman–Crippen LogP) is 1.81. The second-order valence-corrected chi connectivity index (χ2v) is 3.45. The van der Waals surface area contributed by atoms with Crippen molar-refractivity contribution in [2.75, 3.05) is 0 Å². The molecule has 1 aromatic heterocycles. The van der Waals surface area contributed by atoms with E-state index in [1.807, 2.05) is 0 Å². The SMILES string of the molecule is O=[N+]([O-])c1ccc([O-])c(C=Nc2cccnc2)c1. The van der Waals surface area contributed by atoms with Gasteiger partial charge in [0.25, 0.3) is 5.69 Å². The molecule has 0 unspecified atom stereocenters. The maximum absolute atomic E-state index is 11.5. The van der Waals surface area contributed by atoms with Gasteiger partial charge in [-0.05, 0) is 17.7 Å². The minimum atomic E-state index is -0.555. The van der Waals surface area contributed by atoms with Crippen molar-refractivity contribution in [2.45, 2.75) is 0 Å². The van der Waals surface area contributed by atoms with Crippen molar-refractivity contribution in [2.24, 2.45) is 4.99 Å². The Morgan fingerprint density at radius 1 is 1.33 bits per heavy atom. The second kappa shape index (κ2) is 5.05. The van der Waals surface area contributed by atoms with Crippen LogP contribution in [-0.2, 0) is 0 Å². The zero-order valence-electron chi connectivity index (χ0n) is 9.19. The summed E-state index contributed by atoms with van der Waals surface area (Å²) in [6, 6.07) is 6.94. The van der Waals surface area contributed by atoms with E-state index in [0.717, 1.165) is 6.07 Å². The molecule has 0 radical (unpaired) electrons. The van der Waals surface area contributed by atoms with Crippen molar-refractivity contribution in [3.63, 3.8) is 0 Å². The van der Waals surface area contributed by atoms with Gasteiger partial charge in [0.2, 0.25) is 0 Å². The zero-order valence-corrected chi connectivity index (χ0v) is 9.19. The molecule has 0 atom stereocenters. The highest BCUT2D eigenvalue weighted by atomic mass is 16.6. The van der Waals surface area contributed by atoms with E-state index in [0.29, 0.717) is 5.69 Å². The van der Waals surface area contributed by atoms with Gasteiger partial charge in [0.1, 0.15) is 0 Å². The predicted molar refractivity (Wildman–Crippen MR) is 64.0 cm³/mol. The number of aromatic nitrogens is 1. The standard InChI is InChI=1S/C12H9N3O3/c16-12-4-3-11(15(17)18)6-9(12)7-14-10-2-1-5-13-8-10/h1-8,16H/p-1. The van der Waals surface area contributed by atoms with Gasteiger partial charge in [-0.25, -0.2) is 0 Å². The minimum Gasteiger partial charge on any atom is -0.872 e. The third-order valence-corrected chi connectivity index (χ3v) is 2.20. The summed E-state index contributed by atoms with van der Waals surface area (Å²) in [6.07, 6.45) is 4.43. The summed E-state index contributed by atoms with van der Waals surface area (Å²) in [6.45, 7) is 0. The first-order valence-electron chi connectivity index (χ1n) is 5.06. The molecule has 0 N–H and O–H groups in total. The van der Waals surface area contributed by atoms with Crippen LogP contribution in [0.15, 0.2) is 47.7 Å². The molecule has 18 heavy (non-hydrogen) atoms. The summed E-state index contributed by atoms with van der Waals surface area (Å²) in [7, 11) is 0. The average molecular weight is 242 g/mol.